The summed E-state index contributed by atoms with van der Waals surface area (Å²) in [5.41, 5.74) is 1.20. The molecule has 1 N–H and O–H groups in total. The molecule has 0 saturated carbocycles. The van der Waals surface area contributed by atoms with Gasteiger partial charge in [-0.3, -0.25) is 9.59 Å². The lowest BCUT2D eigenvalue weighted by atomic mass is 10.0. The standard InChI is InChI=1S/C25H21Cl2NO5/c1-32-19-9-5-8-17(12-19)24(30)15-33-25(31)22(14-23(29)16-6-3-2-4-7-16)28-21-11-10-18(26)13-20(21)27/h2-13,22,28H,14-15H2,1H3. The van der Waals surface area contributed by atoms with Crippen LogP contribution in [-0.2, 0) is 9.53 Å². The van der Waals surface area contributed by atoms with E-state index in [1.165, 1.54) is 13.2 Å². The summed E-state index contributed by atoms with van der Waals surface area (Å²) in [5, 5.41) is 3.64. The maximum Gasteiger partial charge on any atom is 0.329 e. The van der Waals surface area contributed by atoms with Crippen LogP contribution in [0.15, 0.2) is 72.8 Å². The van der Waals surface area contributed by atoms with Crippen molar-refractivity contribution in [3.63, 3.8) is 0 Å². The highest BCUT2D eigenvalue weighted by Crippen LogP contribution is 2.27. The second-order valence-corrected chi connectivity index (χ2v) is 7.92. The van der Waals surface area contributed by atoms with E-state index >= 15 is 0 Å². The number of ketones is 2. The summed E-state index contributed by atoms with van der Waals surface area (Å²) < 4.78 is 10.4. The van der Waals surface area contributed by atoms with Crippen molar-refractivity contribution in [2.45, 2.75) is 12.5 Å². The monoisotopic (exact) mass is 485 g/mol. The van der Waals surface area contributed by atoms with Crippen LogP contribution < -0.4 is 10.1 Å². The number of hydrogen-bond donors (Lipinski definition) is 1. The zero-order chi connectivity index (χ0) is 23.8. The number of carbonyl (C=O) groups is 3. The third-order valence-electron chi connectivity index (χ3n) is 4.77. The average molecular weight is 486 g/mol. The summed E-state index contributed by atoms with van der Waals surface area (Å²) in [6.07, 6.45) is -0.199. The van der Waals surface area contributed by atoms with E-state index in [2.05, 4.69) is 5.32 Å². The molecule has 3 rings (SSSR count). The molecule has 0 bridgehead atoms. The van der Waals surface area contributed by atoms with Gasteiger partial charge in [0.15, 0.2) is 18.2 Å². The second kappa shape index (κ2) is 11.5. The molecule has 1 unspecified atom stereocenters. The Morgan fingerprint density at radius 1 is 0.879 bits per heavy atom. The van der Waals surface area contributed by atoms with Crippen molar-refractivity contribution in [1.82, 2.24) is 0 Å². The van der Waals surface area contributed by atoms with Gasteiger partial charge in [-0.2, -0.15) is 0 Å². The summed E-state index contributed by atoms with van der Waals surface area (Å²) >= 11 is 12.2. The van der Waals surface area contributed by atoms with E-state index < -0.39 is 24.4 Å². The highest BCUT2D eigenvalue weighted by Gasteiger charge is 2.26. The lowest BCUT2D eigenvalue weighted by molar-refractivity contribution is -0.143. The molecular weight excluding hydrogens is 465 g/mol. The highest BCUT2D eigenvalue weighted by molar-refractivity contribution is 6.36. The molecule has 3 aromatic carbocycles. The molecule has 3 aromatic rings. The van der Waals surface area contributed by atoms with Crippen LogP contribution >= 0.6 is 23.2 Å². The van der Waals surface area contributed by atoms with Gasteiger partial charge < -0.3 is 14.8 Å². The Kier molecular flexibility index (Phi) is 8.46. The van der Waals surface area contributed by atoms with E-state index in [4.69, 9.17) is 32.7 Å². The Morgan fingerprint density at radius 2 is 1.61 bits per heavy atom. The fourth-order valence-corrected chi connectivity index (χ4v) is 3.49. The fraction of sp³-hybridized carbons (Fsp3) is 0.160. The lowest BCUT2D eigenvalue weighted by Gasteiger charge is -2.19. The number of Topliss-reactive ketones (excluding diaryl/α,β-unsaturated/α-hetero) is 2. The molecule has 0 spiro atoms. The Balaban J connectivity index is 1.74. The Bertz CT molecular complexity index is 1150. The van der Waals surface area contributed by atoms with Crippen LogP contribution in [0, 0.1) is 0 Å². The van der Waals surface area contributed by atoms with Gasteiger partial charge in [0.2, 0.25) is 0 Å². The Morgan fingerprint density at radius 3 is 2.30 bits per heavy atom. The first-order chi connectivity index (χ1) is 15.9. The molecule has 8 heteroatoms. The smallest absolute Gasteiger partial charge is 0.329 e. The van der Waals surface area contributed by atoms with E-state index in [1.54, 1.807) is 66.7 Å². The second-order valence-electron chi connectivity index (χ2n) is 7.08. The van der Waals surface area contributed by atoms with Crippen LogP contribution in [0.1, 0.15) is 27.1 Å². The number of ether oxygens (including phenoxy) is 2. The van der Waals surface area contributed by atoms with Crippen LogP contribution in [0.2, 0.25) is 10.0 Å². The molecule has 0 aromatic heterocycles. The van der Waals surface area contributed by atoms with Gasteiger partial charge in [-0.1, -0.05) is 65.7 Å². The largest absolute Gasteiger partial charge is 0.497 e. The first-order valence-electron chi connectivity index (χ1n) is 10.0. The molecule has 0 aliphatic rings. The van der Waals surface area contributed by atoms with E-state index in [9.17, 15) is 14.4 Å². The molecule has 6 nitrogen and oxygen atoms in total. The van der Waals surface area contributed by atoms with Crippen molar-refractivity contribution < 1.29 is 23.9 Å². The molecule has 0 aliphatic heterocycles. The van der Waals surface area contributed by atoms with Crippen LogP contribution in [0.25, 0.3) is 0 Å². The van der Waals surface area contributed by atoms with Crippen molar-refractivity contribution in [3.8, 4) is 5.75 Å². The minimum absolute atomic E-state index is 0.199. The van der Waals surface area contributed by atoms with E-state index in [0.717, 1.165) is 0 Å². The predicted molar refractivity (Wildman–Crippen MR) is 128 cm³/mol. The fourth-order valence-electron chi connectivity index (χ4n) is 3.03. The van der Waals surface area contributed by atoms with Crippen LogP contribution in [0.3, 0.4) is 0 Å². The van der Waals surface area contributed by atoms with Gasteiger partial charge in [0.1, 0.15) is 11.8 Å². The topological polar surface area (TPSA) is 81.7 Å². The summed E-state index contributed by atoms with van der Waals surface area (Å²) in [6.45, 7) is -0.488. The third-order valence-corrected chi connectivity index (χ3v) is 5.32. The first-order valence-corrected chi connectivity index (χ1v) is 10.8. The van der Waals surface area contributed by atoms with Crippen molar-refractivity contribution >= 4 is 46.4 Å². The first kappa shape index (κ1) is 24.3. The number of hydrogen-bond acceptors (Lipinski definition) is 6. The average Bonchev–Trinajstić information content (AvgIpc) is 2.83. The molecule has 0 fully saturated rings. The molecule has 170 valence electrons. The molecule has 0 radical (unpaired) electrons. The Labute approximate surface area is 201 Å². The van der Waals surface area contributed by atoms with Gasteiger partial charge in [-0.15, -0.1) is 0 Å². The van der Waals surface area contributed by atoms with Gasteiger partial charge in [0, 0.05) is 22.6 Å². The van der Waals surface area contributed by atoms with E-state index in [1.807, 2.05) is 0 Å². The van der Waals surface area contributed by atoms with Crippen LogP contribution in [0.5, 0.6) is 5.75 Å². The molecule has 33 heavy (non-hydrogen) atoms. The summed E-state index contributed by atoms with van der Waals surface area (Å²) in [7, 11) is 1.49. The zero-order valence-corrected chi connectivity index (χ0v) is 19.2. The lowest BCUT2D eigenvalue weighted by Crippen LogP contribution is -2.35. The van der Waals surface area contributed by atoms with Crippen LogP contribution in [0.4, 0.5) is 5.69 Å². The Hall–Kier alpha value is -3.35. The number of methoxy groups -OCH3 is 1. The number of nitrogens with one attached hydrogen (secondary N) is 1. The minimum Gasteiger partial charge on any atom is -0.497 e. The van der Waals surface area contributed by atoms with Crippen molar-refractivity contribution in [1.29, 1.82) is 0 Å². The zero-order valence-electron chi connectivity index (χ0n) is 17.7. The van der Waals surface area contributed by atoms with E-state index in [-0.39, 0.29) is 17.2 Å². The summed E-state index contributed by atoms with van der Waals surface area (Å²) in [4.78, 5) is 38.1. The predicted octanol–water partition coefficient (Wildman–Crippen LogP) is 5.48. The maximum atomic E-state index is 12.9. The SMILES string of the molecule is COc1cccc(C(=O)COC(=O)C(CC(=O)c2ccccc2)Nc2ccc(Cl)cc2Cl)c1. The molecule has 0 heterocycles. The molecular formula is C25H21Cl2NO5. The molecule has 0 aliphatic carbocycles. The van der Waals surface area contributed by atoms with Gasteiger partial charge >= 0.3 is 5.97 Å². The van der Waals surface area contributed by atoms with Gasteiger partial charge in [0.05, 0.1) is 17.8 Å². The number of esters is 1. The molecule has 0 saturated heterocycles. The normalized spacial score (nSPS) is 11.4. The quantitative estimate of drug-likeness (QED) is 0.302. The number of anilines is 1. The maximum absolute atomic E-state index is 12.9. The van der Waals surface area contributed by atoms with Crippen LogP contribution in [-0.4, -0.2) is 37.3 Å². The number of halogens is 2. The van der Waals surface area contributed by atoms with Crippen molar-refractivity contribution in [2.24, 2.45) is 0 Å². The number of benzene rings is 3. The summed E-state index contributed by atoms with van der Waals surface area (Å²) in [5.74, 6) is -0.923. The number of carbonyl (C=O) groups excluding carboxylic acids is 3. The van der Waals surface area contributed by atoms with E-state index in [0.29, 0.717) is 27.6 Å². The minimum atomic E-state index is -1.07. The van der Waals surface area contributed by atoms with Crippen molar-refractivity contribution in [2.75, 3.05) is 19.0 Å². The molecule has 0 amide bonds. The molecule has 1 atom stereocenters. The third kappa shape index (κ3) is 6.81. The van der Waals surface area contributed by atoms with Gasteiger partial charge in [0.25, 0.3) is 0 Å². The van der Waals surface area contributed by atoms with Crippen molar-refractivity contribution in [3.05, 3.63) is 94.0 Å². The number of rotatable bonds is 10. The summed E-state index contributed by atoms with van der Waals surface area (Å²) in [6, 6.07) is 18.7. The van der Waals surface area contributed by atoms with Gasteiger partial charge in [-0.05, 0) is 30.3 Å². The van der Waals surface area contributed by atoms with Gasteiger partial charge in [-0.25, -0.2) is 4.79 Å². The highest BCUT2D eigenvalue weighted by atomic mass is 35.5.